The second kappa shape index (κ2) is 9.26. The van der Waals surface area contributed by atoms with Gasteiger partial charge in [-0.15, -0.1) is 0 Å². The summed E-state index contributed by atoms with van der Waals surface area (Å²) in [5.74, 6) is 1.59. The minimum Gasteiger partial charge on any atom is -0.493 e. The predicted octanol–water partition coefficient (Wildman–Crippen LogP) is 4.36. The normalized spacial score (nSPS) is 12.1. The van der Waals surface area contributed by atoms with Crippen LogP contribution in [0.15, 0.2) is 24.3 Å². The van der Waals surface area contributed by atoms with E-state index in [0.717, 1.165) is 12.1 Å². The number of halogens is 3. The third-order valence-electron chi connectivity index (χ3n) is 4.88. The van der Waals surface area contributed by atoms with Crippen LogP contribution < -0.4 is 20.5 Å². The minimum absolute atomic E-state index is 0.0292. The minimum atomic E-state index is -4.53. The topological polar surface area (TPSA) is 104 Å². The fourth-order valence-corrected chi connectivity index (χ4v) is 3.01. The summed E-state index contributed by atoms with van der Waals surface area (Å²) in [6.45, 7) is 5.71. The fraction of sp³-hybridized carbons (Fsp3) is 0.409. The highest BCUT2D eigenvalue weighted by Crippen LogP contribution is 2.35. The number of aryl methyl sites for hydroxylation is 1. The number of rotatable bonds is 8. The van der Waals surface area contributed by atoms with E-state index in [1.54, 1.807) is 26.2 Å². The maximum Gasteiger partial charge on any atom is 0.416 e. The molecule has 33 heavy (non-hydrogen) atoms. The molecule has 11 heteroatoms. The number of fused-ring (bicyclic) bond motifs is 1. The monoisotopic (exact) mass is 465 g/mol. The molecule has 0 bridgehead atoms. The Kier molecular flexibility index (Phi) is 6.82. The van der Waals surface area contributed by atoms with Crippen LogP contribution >= 0.6 is 0 Å². The molecule has 0 aliphatic carbocycles. The van der Waals surface area contributed by atoms with Crippen LogP contribution in [0, 0.1) is 6.92 Å². The van der Waals surface area contributed by atoms with Crippen molar-refractivity contribution in [1.29, 1.82) is 0 Å². The van der Waals surface area contributed by atoms with Crippen LogP contribution in [0.5, 0.6) is 11.5 Å². The number of ether oxygens (including phenoxy) is 3. The summed E-state index contributed by atoms with van der Waals surface area (Å²) >= 11 is 0. The lowest BCUT2D eigenvalue weighted by Gasteiger charge is -2.23. The first-order valence-corrected chi connectivity index (χ1v) is 10.0. The van der Waals surface area contributed by atoms with E-state index in [1.165, 1.54) is 7.11 Å². The second-order valence-electron chi connectivity index (χ2n) is 8.02. The Morgan fingerprint density at radius 1 is 1.00 bits per heavy atom. The van der Waals surface area contributed by atoms with E-state index < -0.39 is 17.3 Å². The number of nitrogens with two attached hydrogens (primary N) is 1. The highest BCUT2D eigenvalue weighted by atomic mass is 19.4. The van der Waals surface area contributed by atoms with E-state index in [1.807, 2.05) is 13.8 Å². The molecule has 0 fully saturated rings. The first-order valence-electron chi connectivity index (χ1n) is 10.0. The number of nitrogens with zero attached hydrogens (tertiary/aromatic N) is 3. The van der Waals surface area contributed by atoms with E-state index in [4.69, 9.17) is 19.9 Å². The third kappa shape index (κ3) is 5.92. The van der Waals surface area contributed by atoms with E-state index in [0.29, 0.717) is 34.0 Å². The standard InChI is InChI=1S/C22H26F3N5O3/c1-12-28-16-9-17(31-4)18(33-11-21(2,3)32-5)8-15(16)20(29-12)27-10-14-6-13(22(23,24)25)7-19(26)30-14/h6-9H,10-11H2,1-5H3,(H2,26,30)(H,27,28,29). The molecular formula is C22H26F3N5O3. The van der Waals surface area contributed by atoms with Crippen LogP contribution in [-0.2, 0) is 17.5 Å². The summed E-state index contributed by atoms with van der Waals surface area (Å²) in [5.41, 5.74) is 4.88. The second-order valence-corrected chi connectivity index (χ2v) is 8.02. The summed E-state index contributed by atoms with van der Waals surface area (Å²) in [6.07, 6.45) is -4.53. The molecule has 0 amide bonds. The number of pyridine rings is 1. The Hall–Kier alpha value is -3.34. The van der Waals surface area contributed by atoms with Gasteiger partial charge >= 0.3 is 6.18 Å². The van der Waals surface area contributed by atoms with Crippen molar-refractivity contribution in [3.05, 3.63) is 41.3 Å². The molecule has 3 aromatic rings. The lowest BCUT2D eigenvalue weighted by molar-refractivity contribution is -0.137. The molecule has 2 heterocycles. The van der Waals surface area contributed by atoms with Crippen molar-refractivity contribution in [2.45, 2.75) is 39.1 Å². The van der Waals surface area contributed by atoms with E-state index in [9.17, 15) is 13.2 Å². The Morgan fingerprint density at radius 2 is 1.73 bits per heavy atom. The summed E-state index contributed by atoms with van der Waals surface area (Å²) in [7, 11) is 3.11. The van der Waals surface area contributed by atoms with Gasteiger partial charge in [0, 0.05) is 18.6 Å². The summed E-state index contributed by atoms with van der Waals surface area (Å²) in [5, 5.41) is 3.64. The van der Waals surface area contributed by atoms with Gasteiger partial charge in [0.05, 0.1) is 36.0 Å². The zero-order valence-electron chi connectivity index (χ0n) is 19.0. The van der Waals surface area contributed by atoms with Crippen LogP contribution in [0.2, 0.25) is 0 Å². The number of anilines is 2. The van der Waals surface area contributed by atoms with Crippen molar-refractivity contribution in [2.75, 3.05) is 31.9 Å². The molecule has 0 radical (unpaired) electrons. The van der Waals surface area contributed by atoms with Crippen LogP contribution in [0.25, 0.3) is 10.9 Å². The van der Waals surface area contributed by atoms with Crippen molar-refractivity contribution in [3.63, 3.8) is 0 Å². The molecule has 3 rings (SSSR count). The molecule has 0 aliphatic heterocycles. The van der Waals surface area contributed by atoms with Crippen LogP contribution in [0.3, 0.4) is 0 Å². The van der Waals surface area contributed by atoms with Crippen LogP contribution in [0.1, 0.15) is 30.9 Å². The Bertz CT molecular complexity index is 1150. The van der Waals surface area contributed by atoms with Gasteiger partial charge in [-0.2, -0.15) is 13.2 Å². The SMILES string of the molecule is COc1cc2nc(C)nc(NCc3cc(C(F)(F)F)cc(N)n3)c2cc1OCC(C)(C)OC. The van der Waals surface area contributed by atoms with E-state index in [-0.39, 0.29) is 24.7 Å². The highest BCUT2D eigenvalue weighted by Gasteiger charge is 2.31. The van der Waals surface area contributed by atoms with Gasteiger partial charge in [-0.05, 0) is 39.0 Å². The smallest absolute Gasteiger partial charge is 0.416 e. The lowest BCUT2D eigenvalue weighted by Crippen LogP contribution is -2.30. The van der Waals surface area contributed by atoms with Gasteiger partial charge in [0.25, 0.3) is 0 Å². The first kappa shape index (κ1) is 24.3. The molecule has 0 unspecified atom stereocenters. The number of nitrogens with one attached hydrogen (secondary N) is 1. The zero-order chi connectivity index (χ0) is 24.4. The largest absolute Gasteiger partial charge is 0.493 e. The van der Waals surface area contributed by atoms with Gasteiger partial charge in [-0.1, -0.05) is 0 Å². The Morgan fingerprint density at radius 3 is 2.36 bits per heavy atom. The van der Waals surface area contributed by atoms with Gasteiger partial charge in [-0.25, -0.2) is 15.0 Å². The fourth-order valence-electron chi connectivity index (χ4n) is 3.01. The molecule has 0 spiro atoms. The van der Waals surface area contributed by atoms with Gasteiger partial charge in [-0.3, -0.25) is 0 Å². The third-order valence-corrected chi connectivity index (χ3v) is 4.88. The van der Waals surface area contributed by atoms with E-state index in [2.05, 4.69) is 20.3 Å². The first-order chi connectivity index (χ1) is 15.4. The quantitative estimate of drug-likeness (QED) is 0.506. The molecule has 3 N–H and O–H groups in total. The predicted molar refractivity (Wildman–Crippen MR) is 118 cm³/mol. The molecule has 178 valence electrons. The molecular weight excluding hydrogens is 439 g/mol. The number of methoxy groups -OCH3 is 2. The summed E-state index contributed by atoms with van der Waals surface area (Å²) < 4.78 is 56.1. The molecule has 8 nitrogen and oxygen atoms in total. The zero-order valence-corrected chi connectivity index (χ0v) is 19.0. The highest BCUT2D eigenvalue weighted by molar-refractivity contribution is 5.91. The van der Waals surface area contributed by atoms with Crippen molar-refractivity contribution in [3.8, 4) is 11.5 Å². The number of benzene rings is 1. The summed E-state index contributed by atoms with van der Waals surface area (Å²) in [4.78, 5) is 12.8. The van der Waals surface area contributed by atoms with Gasteiger partial charge in [0.1, 0.15) is 24.1 Å². The average molecular weight is 465 g/mol. The van der Waals surface area contributed by atoms with Crippen LogP contribution in [-0.4, -0.2) is 41.4 Å². The maximum atomic E-state index is 13.1. The number of hydrogen-bond acceptors (Lipinski definition) is 8. The van der Waals surface area contributed by atoms with Crippen molar-refractivity contribution < 1.29 is 27.4 Å². The average Bonchev–Trinajstić information content (AvgIpc) is 2.74. The van der Waals surface area contributed by atoms with Gasteiger partial charge < -0.3 is 25.3 Å². The van der Waals surface area contributed by atoms with E-state index >= 15 is 0 Å². The number of aromatic nitrogens is 3. The molecule has 2 aromatic heterocycles. The Balaban J connectivity index is 1.96. The van der Waals surface area contributed by atoms with Crippen molar-refractivity contribution >= 4 is 22.5 Å². The molecule has 1 aromatic carbocycles. The molecule has 0 atom stereocenters. The van der Waals surface area contributed by atoms with Crippen molar-refractivity contribution in [2.24, 2.45) is 0 Å². The lowest BCUT2D eigenvalue weighted by atomic mass is 10.1. The molecule has 0 aliphatic rings. The number of hydrogen-bond donors (Lipinski definition) is 2. The maximum absolute atomic E-state index is 13.1. The van der Waals surface area contributed by atoms with Crippen molar-refractivity contribution in [1.82, 2.24) is 15.0 Å². The van der Waals surface area contributed by atoms with Gasteiger partial charge in [0.2, 0.25) is 0 Å². The van der Waals surface area contributed by atoms with Gasteiger partial charge in [0.15, 0.2) is 11.5 Å². The molecule has 0 saturated carbocycles. The number of alkyl halides is 3. The number of nitrogen functional groups attached to an aromatic ring is 1. The Labute approximate surface area is 189 Å². The van der Waals surface area contributed by atoms with Crippen LogP contribution in [0.4, 0.5) is 24.8 Å². The summed E-state index contributed by atoms with van der Waals surface area (Å²) in [6, 6.07) is 5.18. The molecule has 0 saturated heterocycles.